The second-order valence-corrected chi connectivity index (χ2v) is 5.74. The summed E-state index contributed by atoms with van der Waals surface area (Å²) in [5.74, 6) is 6.24. The lowest BCUT2D eigenvalue weighted by molar-refractivity contribution is -0.137. The molecule has 8 heteroatoms. The van der Waals surface area contributed by atoms with Crippen LogP contribution in [0, 0.1) is 0 Å². The molecule has 2 unspecified atom stereocenters. The van der Waals surface area contributed by atoms with Gasteiger partial charge in [-0.1, -0.05) is 18.2 Å². The molecule has 3 N–H and O–H groups in total. The van der Waals surface area contributed by atoms with Gasteiger partial charge in [0.1, 0.15) is 11.9 Å². The van der Waals surface area contributed by atoms with Gasteiger partial charge in [-0.3, -0.25) is 5.84 Å². The Kier molecular flexibility index (Phi) is 3.60. The van der Waals surface area contributed by atoms with Gasteiger partial charge in [0.25, 0.3) is 0 Å². The Balaban J connectivity index is 1.82. The number of ether oxygens (including phenoxy) is 1. The zero-order chi connectivity index (χ0) is 15.0. The number of hydrogen-bond acceptors (Lipinski definition) is 5. The molecule has 0 radical (unpaired) electrons. The van der Waals surface area contributed by atoms with Gasteiger partial charge in [-0.2, -0.15) is 13.2 Å². The molecule has 0 saturated carbocycles. The number of thiazole rings is 1. The number of fused-ring (bicyclic) bond motifs is 1. The molecule has 1 aliphatic heterocycles. The molecule has 0 spiro atoms. The molecule has 0 saturated heterocycles. The van der Waals surface area contributed by atoms with E-state index in [4.69, 9.17) is 10.6 Å². The van der Waals surface area contributed by atoms with Crippen LogP contribution in [-0.2, 0) is 12.6 Å². The predicted molar refractivity (Wildman–Crippen MR) is 71.7 cm³/mol. The molecule has 0 fully saturated rings. The second-order valence-electron chi connectivity index (χ2n) is 4.68. The van der Waals surface area contributed by atoms with E-state index in [0.717, 1.165) is 11.3 Å². The van der Waals surface area contributed by atoms with Gasteiger partial charge in [0.2, 0.25) is 0 Å². The minimum absolute atomic E-state index is 0.353. The molecule has 2 aromatic rings. The van der Waals surface area contributed by atoms with E-state index in [1.54, 1.807) is 0 Å². The highest BCUT2D eigenvalue weighted by Gasteiger charge is 2.37. The first kappa shape index (κ1) is 14.3. The molecular weight excluding hydrogens is 303 g/mol. The van der Waals surface area contributed by atoms with Crippen LogP contribution in [0.4, 0.5) is 13.2 Å². The number of nitrogens with zero attached hydrogens (tertiary/aromatic N) is 1. The number of nitrogens with two attached hydrogens (primary N) is 1. The first-order chi connectivity index (χ1) is 9.99. The van der Waals surface area contributed by atoms with E-state index in [1.165, 1.54) is 6.20 Å². The van der Waals surface area contributed by atoms with Crippen LogP contribution in [0.15, 0.2) is 30.5 Å². The summed E-state index contributed by atoms with van der Waals surface area (Å²) in [4.78, 5) is 3.82. The lowest BCUT2D eigenvalue weighted by atomic mass is 10.0. The Hall–Kier alpha value is -1.64. The van der Waals surface area contributed by atoms with Crippen LogP contribution in [0.5, 0.6) is 5.75 Å². The molecule has 1 aliphatic rings. The van der Waals surface area contributed by atoms with E-state index in [0.29, 0.717) is 22.6 Å². The van der Waals surface area contributed by atoms with Gasteiger partial charge in [-0.25, -0.2) is 10.4 Å². The predicted octanol–water partition coefficient (Wildman–Crippen LogP) is 2.67. The smallest absolute Gasteiger partial charge is 0.443 e. The molecular formula is C13H12F3N3OS. The molecule has 21 heavy (non-hydrogen) atoms. The van der Waals surface area contributed by atoms with Gasteiger partial charge in [0, 0.05) is 17.5 Å². The number of rotatable bonds is 3. The van der Waals surface area contributed by atoms with Crippen molar-refractivity contribution in [2.24, 2.45) is 5.84 Å². The van der Waals surface area contributed by atoms with E-state index in [-0.39, 0.29) is 6.10 Å². The monoisotopic (exact) mass is 315 g/mol. The van der Waals surface area contributed by atoms with E-state index in [2.05, 4.69) is 10.4 Å². The molecule has 2 heterocycles. The van der Waals surface area contributed by atoms with E-state index in [9.17, 15) is 13.2 Å². The van der Waals surface area contributed by atoms with Crippen LogP contribution in [0.2, 0.25) is 0 Å². The van der Waals surface area contributed by atoms with Crippen molar-refractivity contribution >= 4 is 11.3 Å². The van der Waals surface area contributed by atoms with Crippen molar-refractivity contribution in [3.63, 3.8) is 0 Å². The number of para-hydroxylation sites is 1. The van der Waals surface area contributed by atoms with Crippen LogP contribution < -0.4 is 16.0 Å². The van der Waals surface area contributed by atoms with Crippen molar-refractivity contribution in [3.8, 4) is 5.75 Å². The molecule has 4 nitrogen and oxygen atoms in total. The summed E-state index contributed by atoms with van der Waals surface area (Å²) in [6, 6.07) is 6.96. The summed E-state index contributed by atoms with van der Waals surface area (Å²) >= 11 is 0.579. The zero-order valence-electron chi connectivity index (χ0n) is 10.7. The molecule has 1 aromatic carbocycles. The lowest BCUT2D eigenvalue weighted by Gasteiger charge is -2.20. The highest BCUT2D eigenvalue weighted by atomic mass is 32.1. The molecule has 112 valence electrons. The summed E-state index contributed by atoms with van der Waals surface area (Å²) in [6.45, 7) is 0. The number of benzene rings is 1. The maximum Gasteiger partial charge on any atom is 0.443 e. The number of nitrogens with one attached hydrogen (secondary N) is 1. The first-order valence-electron chi connectivity index (χ1n) is 6.22. The summed E-state index contributed by atoms with van der Waals surface area (Å²) in [5, 5.41) is -0.881. The van der Waals surface area contributed by atoms with Crippen molar-refractivity contribution in [1.82, 2.24) is 10.4 Å². The maximum absolute atomic E-state index is 12.6. The Bertz CT molecular complexity index is 619. The van der Waals surface area contributed by atoms with E-state index in [1.807, 2.05) is 24.3 Å². The largest absolute Gasteiger partial charge is 0.488 e. The van der Waals surface area contributed by atoms with E-state index >= 15 is 0 Å². The lowest BCUT2D eigenvalue weighted by Crippen LogP contribution is -2.38. The van der Waals surface area contributed by atoms with Gasteiger partial charge in [0.15, 0.2) is 5.01 Å². The van der Waals surface area contributed by atoms with Crippen LogP contribution in [-0.4, -0.2) is 11.1 Å². The first-order valence-corrected chi connectivity index (χ1v) is 7.04. The molecule has 3 rings (SSSR count). The Labute approximate surface area is 122 Å². The van der Waals surface area contributed by atoms with Gasteiger partial charge < -0.3 is 4.74 Å². The fraction of sp³-hybridized carbons (Fsp3) is 0.308. The van der Waals surface area contributed by atoms with Gasteiger partial charge in [0.05, 0.1) is 6.04 Å². The molecule has 1 aromatic heterocycles. The van der Waals surface area contributed by atoms with Crippen molar-refractivity contribution in [2.45, 2.75) is 24.7 Å². The van der Waals surface area contributed by atoms with Crippen molar-refractivity contribution in [2.75, 3.05) is 0 Å². The minimum Gasteiger partial charge on any atom is -0.488 e. The molecule has 0 amide bonds. The normalized spacial score (nSPS) is 19.1. The Morgan fingerprint density at radius 3 is 2.76 bits per heavy atom. The average Bonchev–Trinajstić information content (AvgIpc) is 3.05. The average molecular weight is 315 g/mol. The Morgan fingerprint density at radius 2 is 2.14 bits per heavy atom. The SMILES string of the molecule is NNC(c1cnc(C(F)(F)F)s1)C1Cc2ccccc2O1. The third-order valence-electron chi connectivity index (χ3n) is 3.30. The third kappa shape index (κ3) is 2.74. The van der Waals surface area contributed by atoms with E-state index < -0.39 is 17.2 Å². The standard InChI is InChI=1S/C13H12F3N3OS/c14-13(15,16)12-18-6-10(21-12)11(19-17)9-5-7-3-1-2-4-8(7)20-9/h1-4,6,9,11,19H,5,17H2. The topological polar surface area (TPSA) is 60.2 Å². The van der Waals surface area contributed by atoms with Crippen molar-refractivity contribution < 1.29 is 17.9 Å². The number of aromatic nitrogens is 1. The summed E-state index contributed by atoms with van der Waals surface area (Å²) in [7, 11) is 0. The Morgan fingerprint density at radius 1 is 1.38 bits per heavy atom. The van der Waals surface area contributed by atoms with Crippen molar-refractivity contribution in [3.05, 3.63) is 45.9 Å². The summed E-state index contributed by atoms with van der Waals surface area (Å²) in [6.07, 6.45) is -3.01. The van der Waals surface area contributed by atoms with Crippen molar-refractivity contribution in [1.29, 1.82) is 0 Å². The minimum atomic E-state index is -4.44. The number of hydrazine groups is 1. The van der Waals surface area contributed by atoms with Crippen LogP contribution in [0.1, 0.15) is 21.5 Å². The highest BCUT2D eigenvalue weighted by Crippen LogP contribution is 2.38. The number of alkyl halides is 3. The zero-order valence-corrected chi connectivity index (χ0v) is 11.5. The van der Waals surface area contributed by atoms with Crippen LogP contribution >= 0.6 is 11.3 Å². The maximum atomic E-state index is 12.6. The summed E-state index contributed by atoms with van der Waals surface area (Å²) < 4.78 is 43.6. The number of hydrogen-bond donors (Lipinski definition) is 2. The molecule has 0 bridgehead atoms. The quantitative estimate of drug-likeness (QED) is 0.675. The van der Waals surface area contributed by atoms with Crippen LogP contribution in [0.25, 0.3) is 0 Å². The fourth-order valence-corrected chi connectivity index (χ4v) is 3.23. The molecule has 2 atom stereocenters. The number of halogens is 3. The van der Waals surface area contributed by atoms with Crippen LogP contribution in [0.3, 0.4) is 0 Å². The second kappa shape index (κ2) is 5.28. The van der Waals surface area contributed by atoms with Gasteiger partial charge in [-0.05, 0) is 11.6 Å². The fourth-order valence-electron chi connectivity index (χ4n) is 2.33. The third-order valence-corrected chi connectivity index (χ3v) is 4.42. The molecule has 0 aliphatic carbocycles. The highest BCUT2D eigenvalue weighted by molar-refractivity contribution is 7.11. The summed E-state index contributed by atoms with van der Waals surface area (Å²) in [5.41, 5.74) is 3.55. The van der Waals surface area contributed by atoms with Gasteiger partial charge in [-0.15, -0.1) is 11.3 Å². The van der Waals surface area contributed by atoms with Gasteiger partial charge >= 0.3 is 6.18 Å².